The van der Waals surface area contributed by atoms with Crippen molar-refractivity contribution < 1.29 is 14.3 Å². The highest BCUT2D eigenvalue weighted by Gasteiger charge is 2.22. The first-order chi connectivity index (χ1) is 12.7. The van der Waals surface area contributed by atoms with Gasteiger partial charge in [-0.3, -0.25) is 9.69 Å². The van der Waals surface area contributed by atoms with Crippen molar-refractivity contribution in [3.05, 3.63) is 53.7 Å². The summed E-state index contributed by atoms with van der Waals surface area (Å²) in [6.45, 7) is 6.73. The highest BCUT2D eigenvalue weighted by atomic mass is 16.5. The van der Waals surface area contributed by atoms with Gasteiger partial charge in [0.05, 0.1) is 19.3 Å². The molecule has 0 saturated carbocycles. The molecule has 0 radical (unpaired) electrons. The number of carbonyl (C=O) groups is 1. The van der Waals surface area contributed by atoms with Crippen molar-refractivity contribution in [3.8, 4) is 11.6 Å². The van der Waals surface area contributed by atoms with Crippen LogP contribution >= 0.6 is 0 Å². The number of nitrogens with zero attached hydrogens (tertiary/aromatic N) is 3. The summed E-state index contributed by atoms with van der Waals surface area (Å²) in [5, 5.41) is 0. The van der Waals surface area contributed by atoms with Gasteiger partial charge >= 0.3 is 0 Å². The predicted octanol–water partition coefficient (Wildman–Crippen LogP) is 2.45. The van der Waals surface area contributed by atoms with Gasteiger partial charge in [-0.2, -0.15) is 0 Å². The average molecular weight is 355 g/mol. The molecule has 1 fully saturated rings. The molecule has 0 unspecified atom stereocenters. The van der Waals surface area contributed by atoms with Crippen molar-refractivity contribution in [1.82, 2.24) is 14.8 Å². The van der Waals surface area contributed by atoms with E-state index in [1.807, 2.05) is 24.0 Å². The number of pyridine rings is 1. The van der Waals surface area contributed by atoms with Crippen molar-refractivity contribution in [3.63, 3.8) is 0 Å². The van der Waals surface area contributed by atoms with Gasteiger partial charge < -0.3 is 14.4 Å². The van der Waals surface area contributed by atoms with Crippen LogP contribution in [0.3, 0.4) is 0 Å². The Morgan fingerprint density at radius 2 is 1.81 bits per heavy atom. The third-order valence-corrected chi connectivity index (χ3v) is 4.49. The van der Waals surface area contributed by atoms with Crippen LogP contribution in [-0.4, -0.2) is 60.6 Å². The van der Waals surface area contributed by atoms with Crippen molar-refractivity contribution in [2.75, 3.05) is 39.9 Å². The van der Waals surface area contributed by atoms with Gasteiger partial charge in [0.2, 0.25) is 5.88 Å². The fraction of sp³-hybridized carbons (Fsp3) is 0.400. The van der Waals surface area contributed by atoms with E-state index in [-0.39, 0.29) is 5.91 Å². The number of carbonyl (C=O) groups excluding carboxylic acids is 1. The molecular formula is C20H25N3O3. The maximum atomic E-state index is 12.6. The molecule has 0 aliphatic carbocycles. The lowest BCUT2D eigenvalue weighted by Crippen LogP contribution is -2.48. The Morgan fingerprint density at radius 3 is 2.38 bits per heavy atom. The number of hydrogen-bond donors (Lipinski definition) is 0. The van der Waals surface area contributed by atoms with Gasteiger partial charge in [-0.1, -0.05) is 12.1 Å². The topological polar surface area (TPSA) is 54.9 Å². The number of hydrogen-bond acceptors (Lipinski definition) is 5. The van der Waals surface area contributed by atoms with E-state index in [0.29, 0.717) is 18.1 Å². The summed E-state index contributed by atoms with van der Waals surface area (Å²) >= 11 is 0. The van der Waals surface area contributed by atoms with E-state index in [9.17, 15) is 4.79 Å². The van der Waals surface area contributed by atoms with Crippen LogP contribution in [-0.2, 0) is 6.54 Å². The Hall–Kier alpha value is -2.60. The van der Waals surface area contributed by atoms with Gasteiger partial charge in [0, 0.05) is 45.0 Å². The van der Waals surface area contributed by atoms with Gasteiger partial charge in [-0.15, -0.1) is 0 Å². The minimum atomic E-state index is 0.0286. The molecule has 3 rings (SSSR count). The molecule has 1 amide bonds. The van der Waals surface area contributed by atoms with Gasteiger partial charge in [0.25, 0.3) is 5.91 Å². The number of methoxy groups -OCH3 is 1. The van der Waals surface area contributed by atoms with E-state index in [4.69, 9.17) is 9.47 Å². The molecule has 1 saturated heterocycles. The number of aromatic nitrogens is 1. The number of ether oxygens (including phenoxy) is 2. The molecule has 1 aromatic heterocycles. The second kappa shape index (κ2) is 8.67. The average Bonchev–Trinajstić information content (AvgIpc) is 2.70. The Labute approximate surface area is 154 Å². The predicted molar refractivity (Wildman–Crippen MR) is 99.6 cm³/mol. The Bertz CT molecular complexity index is 708. The Morgan fingerprint density at radius 1 is 1.08 bits per heavy atom. The first-order valence-electron chi connectivity index (χ1n) is 8.93. The maximum Gasteiger partial charge on any atom is 0.255 e. The van der Waals surface area contributed by atoms with E-state index >= 15 is 0 Å². The summed E-state index contributed by atoms with van der Waals surface area (Å²) in [6, 6.07) is 11.7. The van der Waals surface area contributed by atoms with Crippen molar-refractivity contribution >= 4 is 5.91 Å². The van der Waals surface area contributed by atoms with Crippen molar-refractivity contribution in [2.24, 2.45) is 0 Å². The number of rotatable bonds is 6. The van der Waals surface area contributed by atoms with Crippen LogP contribution in [0.15, 0.2) is 42.6 Å². The molecule has 0 bridgehead atoms. The van der Waals surface area contributed by atoms with Crippen LogP contribution in [0.25, 0.3) is 0 Å². The molecule has 2 heterocycles. The van der Waals surface area contributed by atoms with Crippen LogP contribution in [0.5, 0.6) is 11.6 Å². The van der Waals surface area contributed by atoms with Crippen LogP contribution < -0.4 is 9.47 Å². The number of amides is 1. The maximum absolute atomic E-state index is 12.6. The first kappa shape index (κ1) is 18.2. The molecule has 0 spiro atoms. The van der Waals surface area contributed by atoms with E-state index in [0.717, 1.165) is 38.5 Å². The van der Waals surface area contributed by atoms with Gasteiger partial charge in [-0.05, 0) is 30.7 Å². The zero-order valence-corrected chi connectivity index (χ0v) is 15.4. The quantitative estimate of drug-likeness (QED) is 0.797. The largest absolute Gasteiger partial charge is 0.494 e. The molecule has 2 aromatic rings. The van der Waals surface area contributed by atoms with E-state index in [1.165, 1.54) is 5.56 Å². The minimum absolute atomic E-state index is 0.0286. The van der Waals surface area contributed by atoms with Crippen molar-refractivity contribution in [1.29, 1.82) is 0 Å². The molecule has 1 aliphatic heterocycles. The summed E-state index contributed by atoms with van der Waals surface area (Å²) in [4.78, 5) is 20.9. The summed E-state index contributed by atoms with van der Waals surface area (Å²) < 4.78 is 10.5. The molecule has 0 N–H and O–H groups in total. The van der Waals surface area contributed by atoms with Crippen LogP contribution in [0.2, 0.25) is 0 Å². The van der Waals surface area contributed by atoms with Gasteiger partial charge in [0.15, 0.2) is 0 Å². The summed E-state index contributed by atoms with van der Waals surface area (Å²) in [5.41, 5.74) is 1.86. The highest BCUT2D eigenvalue weighted by molar-refractivity contribution is 5.94. The van der Waals surface area contributed by atoms with E-state index in [1.54, 1.807) is 25.4 Å². The third kappa shape index (κ3) is 4.52. The molecule has 1 aromatic carbocycles. The summed E-state index contributed by atoms with van der Waals surface area (Å²) in [6.07, 6.45) is 1.58. The molecular weight excluding hydrogens is 330 g/mol. The molecule has 6 heteroatoms. The van der Waals surface area contributed by atoms with Gasteiger partial charge in [-0.25, -0.2) is 4.98 Å². The second-order valence-corrected chi connectivity index (χ2v) is 6.23. The summed E-state index contributed by atoms with van der Waals surface area (Å²) in [7, 11) is 1.56. The fourth-order valence-electron chi connectivity index (χ4n) is 3.04. The van der Waals surface area contributed by atoms with Crippen LogP contribution in [0, 0.1) is 0 Å². The molecule has 26 heavy (non-hydrogen) atoms. The first-order valence-corrected chi connectivity index (χ1v) is 8.93. The van der Waals surface area contributed by atoms with Crippen molar-refractivity contribution in [2.45, 2.75) is 13.5 Å². The molecule has 138 valence electrons. The second-order valence-electron chi connectivity index (χ2n) is 6.23. The van der Waals surface area contributed by atoms with Crippen LogP contribution in [0.1, 0.15) is 22.8 Å². The van der Waals surface area contributed by atoms with Gasteiger partial charge in [0.1, 0.15) is 5.75 Å². The lowest BCUT2D eigenvalue weighted by Gasteiger charge is -2.34. The highest BCUT2D eigenvalue weighted by Crippen LogP contribution is 2.16. The molecule has 1 aliphatic rings. The smallest absolute Gasteiger partial charge is 0.255 e. The summed E-state index contributed by atoms with van der Waals surface area (Å²) in [5.74, 6) is 1.45. The fourth-order valence-corrected chi connectivity index (χ4v) is 3.04. The number of benzene rings is 1. The van der Waals surface area contributed by atoms with E-state index in [2.05, 4.69) is 22.0 Å². The standard InChI is InChI=1S/C20H25N3O3/c1-3-26-18-7-4-16(5-8-18)15-22-10-12-23(13-11-22)20(24)17-6-9-19(25-2)21-14-17/h4-9,14H,3,10-13,15H2,1-2H3. The lowest BCUT2D eigenvalue weighted by atomic mass is 10.1. The molecule has 6 nitrogen and oxygen atoms in total. The Kier molecular flexibility index (Phi) is 6.07. The normalized spacial score (nSPS) is 14.9. The third-order valence-electron chi connectivity index (χ3n) is 4.49. The minimum Gasteiger partial charge on any atom is -0.494 e. The zero-order chi connectivity index (χ0) is 18.4. The van der Waals surface area contributed by atoms with E-state index < -0.39 is 0 Å². The lowest BCUT2D eigenvalue weighted by molar-refractivity contribution is 0.0628. The zero-order valence-electron chi connectivity index (χ0n) is 15.4. The number of piperazine rings is 1. The SMILES string of the molecule is CCOc1ccc(CN2CCN(C(=O)c3ccc(OC)nc3)CC2)cc1. The Balaban J connectivity index is 1.50. The van der Waals surface area contributed by atoms with Crippen LogP contribution in [0.4, 0.5) is 0 Å². The monoisotopic (exact) mass is 355 g/mol. The molecule has 0 atom stereocenters.